The predicted molar refractivity (Wildman–Crippen MR) is 139 cm³/mol. The van der Waals surface area contributed by atoms with Gasteiger partial charge < -0.3 is 0 Å². The maximum absolute atomic E-state index is 2.51. The Morgan fingerprint density at radius 3 is 1.46 bits per heavy atom. The molecular formula is C25H29IP2. The second kappa shape index (κ2) is 12.7. The fraction of sp³-hybridized carbons (Fsp3) is 0.280. The molecule has 0 aromatic heterocycles. The lowest BCUT2D eigenvalue weighted by atomic mass is 10.4. The summed E-state index contributed by atoms with van der Waals surface area (Å²) in [6.07, 6.45) is 8.08. The van der Waals surface area contributed by atoms with Gasteiger partial charge in [-0.25, -0.2) is 0 Å². The van der Waals surface area contributed by atoms with E-state index >= 15 is 0 Å². The average Bonchev–Trinajstić information content (AvgIpc) is 2.77. The minimum absolute atomic E-state index is 0.0288. The Bertz CT molecular complexity index is 738. The lowest BCUT2D eigenvalue weighted by Gasteiger charge is -2.22. The van der Waals surface area contributed by atoms with E-state index in [2.05, 4.69) is 114 Å². The minimum Gasteiger partial charge on any atom is -0.0864 e. The molecule has 0 saturated heterocycles. The van der Waals surface area contributed by atoms with Gasteiger partial charge in [0.15, 0.2) is 0 Å². The van der Waals surface area contributed by atoms with Crippen LogP contribution >= 0.6 is 38.4 Å². The number of unbranched alkanes of at least 4 members (excludes halogenated alkanes) is 1. The Labute approximate surface area is 186 Å². The van der Waals surface area contributed by atoms with E-state index in [9.17, 15) is 0 Å². The summed E-state index contributed by atoms with van der Waals surface area (Å²) in [5.41, 5.74) is 0. The highest BCUT2D eigenvalue weighted by Crippen LogP contribution is 2.40. The maximum atomic E-state index is 2.51. The maximum Gasteiger partial charge on any atom is -0.000460 e. The molecule has 0 saturated carbocycles. The molecule has 3 aromatic rings. The molecule has 0 aliphatic carbocycles. The standard InChI is InChI=1S/C25H29IP2/c26-19-10-11-20-27(23-13-4-1-5-14-23)21-12-22-28(24-15-6-2-7-16-24)25-17-8-3-9-18-25/h1-9,13-18H,10-12,19-22H2. The van der Waals surface area contributed by atoms with E-state index < -0.39 is 0 Å². The van der Waals surface area contributed by atoms with Crippen molar-refractivity contribution in [2.24, 2.45) is 0 Å². The molecule has 0 amide bonds. The zero-order valence-corrected chi connectivity index (χ0v) is 20.3. The number of alkyl halides is 1. The lowest BCUT2D eigenvalue weighted by molar-refractivity contribution is 0.911. The van der Waals surface area contributed by atoms with Crippen LogP contribution in [0.4, 0.5) is 0 Å². The molecule has 0 N–H and O–H groups in total. The fourth-order valence-corrected chi connectivity index (χ4v) is 9.07. The highest BCUT2D eigenvalue weighted by atomic mass is 127. The van der Waals surface area contributed by atoms with Crippen molar-refractivity contribution in [3.05, 3.63) is 91.0 Å². The van der Waals surface area contributed by atoms with Gasteiger partial charge in [-0.15, -0.1) is 0 Å². The van der Waals surface area contributed by atoms with Crippen LogP contribution in [-0.2, 0) is 0 Å². The van der Waals surface area contributed by atoms with Crippen LogP contribution in [0.3, 0.4) is 0 Å². The van der Waals surface area contributed by atoms with E-state index in [4.69, 9.17) is 0 Å². The van der Waals surface area contributed by atoms with Crippen LogP contribution in [0.1, 0.15) is 19.3 Å². The van der Waals surface area contributed by atoms with Crippen molar-refractivity contribution in [2.75, 3.05) is 22.9 Å². The Kier molecular flexibility index (Phi) is 9.98. The minimum atomic E-state index is -0.257. The van der Waals surface area contributed by atoms with Gasteiger partial charge in [0.05, 0.1) is 0 Å². The van der Waals surface area contributed by atoms with Gasteiger partial charge in [-0.3, -0.25) is 0 Å². The van der Waals surface area contributed by atoms with E-state index in [1.165, 1.54) is 52.8 Å². The number of rotatable bonds is 11. The van der Waals surface area contributed by atoms with Gasteiger partial charge in [-0.1, -0.05) is 122 Å². The summed E-state index contributed by atoms with van der Waals surface area (Å²) in [5.74, 6) is 0. The molecule has 3 aromatic carbocycles. The smallest absolute Gasteiger partial charge is 0.000460 e. The molecule has 0 bridgehead atoms. The zero-order valence-electron chi connectivity index (χ0n) is 16.4. The third kappa shape index (κ3) is 6.94. The monoisotopic (exact) mass is 518 g/mol. The summed E-state index contributed by atoms with van der Waals surface area (Å²) >= 11 is 2.51. The topological polar surface area (TPSA) is 0 Å². The van der Waals surface area contributed by atoms with Crippen molar-refractivity contribution in [2.45, 2.75) is 19.3 Å². The van der Waals surface area contributed by atoms with E-state index in [0.29, 0.717) is 0 Å². The second-order valence-electron chi connectivity index (χ2n) is 6.89. The molecule has 1 unspecified atom stereocenters. The summed E-state index contributed by atoms with van der Waals surface area (Å²) in [5, 5.41) is 4.62. The van der Waals surface area contributed by atoms with Crippen LogP contribution in [0.5, 0.6) is 0 Å². The Hall–Kier alpha value is -0.750. The molecule has 0 radical (unpaired) electrons. The SMILES string of the molecule is ICCCCP(CCCP(c1ccccc1)c1ccccc1)c1ccccc1. The van der Waals surface area contributed by atoms with Gasteiger partial charge in [0.2, 0.25) is 0 Å². The number of hydrogen-bond acceptors (Lipinski definition) is 0. The molecular weight excluding hydrogens is 489 g/mol. The third-order valence-corrected chi connectivity index (χ3v) is 11.0. The molecule has 146 valence electrons. The Balaban J connectivity index is 1.67. The fourth-order valence-electron chi connectivity index (χ4n) is 3.45. The average molecular weight is 518 g/mol. The van der Waals surface area contributed by atoms with Crippen molar-refractivity contribution < 1.29 is 0 Å². The molecule has 1 atom stereocenters. The number of benzene rings is 3. The zero-order chi connectivity index (χ0) is 19.4. The molecule has 3 rings (SSSR count). The van der Waals surface area contributed by atoms with Gasteiger partial charge >= 0.3 is 0 Å². The quantitative estimate of drug-likeness (QED) is 0.117. The molecule has 0 nitrogen and oxygen atoms in total. The first-order valence-electron chi connectivity index (χ1n) is 10.1. The van der Waals surface area contributed by atoms with Crippen molar-refractivity contribution >= 4 is 54.3 Å². The van der Waals surface area contributed by atoms with Crippen LogP contribution in [0.25, 0.3) is 0 Å². The highest BCUT2D eigenvalue weighted by Gasteiger charge is 2.15. The van der Waals surface area contributed by atoms with Crippen LogP contribution in [-0.4, -0.2) is 22.9 Å². The van der Waals surface area contributed by atoms with E-state index in [-0.39, 0.29) is 15.8 Å². The summed E-state index contributed by atoms with van der Waals surface area (Å²) in [6, 6.07) is 33.6. The second-order valence-corrected chi connectivity index (χ2v) is 12.8. The molecule has 3 heteroatoms. The number of hydrogen-bond donors (Lipinski definition) is 0. The first-order chi connectivity index (χ1) is 13.9. The molecule has 0 heterocycles. The van der Waals surface area contributed by atoms with Crippen LogP contribution < -0.4 is 15.9 Å². The van der Waals surface area contributed by atoms with E-state index in [1.807, 2.05) is 0 Å². The normalized spacial score (nSPS) is 12.2. The van der Waals surface area contributed by atoms with Gasteiger partial charge in [-0.05, 0) is 66.0 Å². The van der Waals surface area contributed by atoms with Gasteiger partial charge in [0, 0.05) is 0 Å². The van der Waals surface area contributed by atoms with Crippen molar-refractivity contribution in [1.82, 2.24) is 0 Å². The summed E-state index contributed by atoms with van der Waals surface area (Å²) in [7, 11) is -0.286. The number of halogens is 1. The van der Waals surface area contributed by atoms with Gasteiger partial charge in [0.1, 0.15) is 0 Å². The predicted octanol–water partition coefficient (Wildman–Crippen LogP) is 6.53. The van der Waals surface area contributed by atoms with Crippen LogP contribution in [0.2, 0.25) is 0 Å². The molecule has 0 spiro atoms. The summed E-state index contributed by atoms with van der Waals surface area (Å²) in [4.78, 5) is 0. The highest BCUT2D eigenvalue weighted by molar-refractivity contribution is 14.1. The molecule has 28 heavy (non-hydrogen) atoms. The van der Waals surface area contributed by atoms with Crippen LogP contribution in [0.15, 0.2) is 91.0 Å². The molecule has 0 aliphatic rings. The molecule has 0 aliphatic heterocycles. The van der Waals surface area contributed by atoms with Crippen molar-refractivity contribution in [1.29, 1.82) is 0 Å². The first-order valence-corrected chi connectivity index (χ1v) is 14.9. The Morgan fingerprint density at radius 2 is 0.964 bits per heavy atom. The largest absolute Gasteiger partial charge is 0.0864 e. The van der Waals surface area contributed by atoms with E-state index in [1.54, 1.807) is 5.30 Å². The summed E-state index contributed by atoms with van der Waals surface area (Å²) < 4.78 is 1.28. The van der Waals surface area contributed by atoms with Gasteiger partial charge in [0.25, 0.3) is 0 Å². The van der Waals surface area contributed by atoms with E-state index in [0.717, 1.165) is 0 Å². The Morgan fingerprint density at radius 1 is 0.500 bits per heavy atom. The summed E-state index contributed by atoms with van der Waals surface area (Å²) in [6.45, 7) is 0. The van der Waals surface area contributed by atoms with Crippen LogP contribution in [0, 0.1) is 0 Å². The van der Waals surface area contributed by atoms with Crippen molar-refractivity contribution in [3.8, 4) is 0 Å². The molecule has 0 fully saturated rings. The first kappa shape index (κ1) is 21.9. The third-order valence-electron chi connectivity index (χ3n) is 4.88. The van der Waals surface area contributed by atoms with Gasteiger partial charge in [-0.2, -0.15) is 0 Å². The lowest BCUT2D eigenvalue weighted by Crippen LogP contribution is -2.15. The van der Waals surface area contributed by atoms with Crippen molar-refractivity contribution in [3.63, 3.8) is 0 Å².